The third-order valence-electron chi connectivity index (χ3n) is 4.91. The third-order valence-corrected chi connectivity index (χ3v) is 4.91. The van der Waals surface area contributed by atoms with Crippen molar-refractivity contribution in [2.24, 2.45) is 0 Å². The van der Waals surface area contributed by atoms with Crippen LogP contribution in [0.15, 0.2) is 60.7 Å². The lowest BCUT2D eigenvalue weighted by molar-refractivity contribution is -0.128. The molecule has 140 valence electrons. The normalized spacial score (nSPS) is 13.2. The van der Waals surface area contributed by atoms with E-state index < -0.39 is 6.10 Å². The number of hydrogen-bond acceptors (Lipinski definition) is 2. The maximum Gasteiger partial charge on any atom is 0.261 e. The zero-order chi connectivity index (χ0) is 19.4. The molecule has 0 radical (unpaired) electrons. The van der Waals surface area contributed by atoms with Gasteiger partial charge in [-0.25, -0.2) is 0 Å². The Bertz CT molecular complexity index is 948. The summed E-state index contributed by atoms with van der Waals surface area (Å²) in [6.07, 6.45) is 0.0949. The molecule has 1 N–H and O–H groups in total. The first-order valence-electron chi connectivity index (χ1n) is 9.51. The molecular formula is C24H27NO2. The van der Waals surface area contributed by atoms with Gasteiger partial charge in [0.25, 0.3) is 5.91 Å². The highest BCUT2D eigenvalue weighted by atomic mass is 16.5. The van der Waals surface area contributed by atoms with Gasteiger partial charge in [0.1, 0.15) is 5.75 Å². The number of amides is 1. The molecule has 0 aliphatic rings. The van der Waals surface area contributed by atoms with Crippen LogP contribution in [0.2, 0.25) is 0 Å². The fourth-order valence-corrected chi connectivity index (χ4v) is 3.42. The van der Waals surface area contributed by atoms with Crippen LogP contribution in [0.1, 0.15) is 43.0 Å². The van der Waals surface area contributed by atoms with Crippen LogP contribution in [0.3, 0.4) is 0 Å². The minimum Gasteiger partial charge on any atom is -0.481 e. The van der Waals surface area contributed by atoms with Gasteiger partial charge in [-0.1, -0.05) is 61.0 Å². The van der Waals surface area contributed by atoms with E-state index in [0.29, 0.717) is 6.42 Å². The van der Waals surface area contributed by atoms with E-state index in [9.17, 15) is 4.79 Å². The number of carbonyl (C=O) groups is 1. The topological polar surface area (TPSA) is 38.3 Å². The van der Waals surface area contributed by atoms with Crippen molar-refractivity contribution in [2.75, 3.05) is 0 Å². The molecule has 0 heterocycles. The standard InChI is InChI=1S/C24H27NO2/c1-5-23(27-21-12-11-19-8-6-7-9-20(19)15-21)24(26)25-18(4)22-13-10-16(2)14-17(22)3/h6-15,18,23H,5H2,1-4H3,(H,25,26). The second kappa shape index (κ2) is 8.26. The Morgan fingerprint density at radius 1 is 1.00 bits per heavy atom. The number of hydrogen-bond donors (Lipinski definition) is 1. The quantitative estimate of drug-likeness (QED) is 0.630. The van der Waals surface area contributed by atoms with Crippen LogP contribution >= 0.6 is 0 Å². The van der Waals surface area contributed by atoms with Gasteiger partial charge in [-0.05, 0) is 61.2 Å². The van der Waals surface area contributed by atoms with Crippen LogP contribution in [0, 0.1) is 13.8 Å². The van der Waals surface area contributed by atoms with Crippen molar-refractivity contribution in [2.45, 2.75) is 46.3 Å². The van der Waals surface area contributed by atoms with E-state index in [1.165, 1.54) is 11.1 Å². The molecule has 0 spiro atoms. The molecule has 0 bridgehead atoms. The average molecular weight is 361 g/mol. The summed E-state index contributed by atoms with van der Waals surface area (Å²) < 4.78 is 6.01. The van der Waals surface area contributed by atoms with Crippen LogP contribution in [0.4, 0.5) is 0 Å². The van der Waals surface area contributed by atoms with Gasteiger partial charge in [0.05, 0.1) is 6.04 Å². The van der Waals surface area contributed by atoms with Crippen LogP contribution in [0.25, 0.3) is 10.8 Å². The highest BCUT2D eigenvalue weighted by Crippen LogP contribution is 2.23. The molecule has 1 amide bonds. The number of aryl methyl sites for hydroxylation is 2. The molecule has 0 saturated heterocycles. The predicted octanol–water partition coefficient (Wildman–Crippen LogP) is 5.49. The minimum atomic E-state index is -0.514. The van der Waals surface area contributed by atoms with Gasteiger partial charge in [-0.2, -0.15) is 0 Å². The maximum atomic E-state index is 12.8. The van der Waals surface area contributed by atoms with E-state index >= 15 is 0 Å². The summed E-state index contributed by atoms with van der Waals surface area (Å²) in [5.74, 6) is 0.632. The van der Waals surface area contributed by atoms with Crippen LogP contribution in [0.5, 0.6) is 5.75 Å². The van der Waals surface area contributed by atoms with E-state index in [1.54, 1.807) is 0 Å². The van der Waals surface area contributed by atoms with Gasteiger partial charge < -0.3 is 10.1 Å². The number of nitrogens with one attached hydrogen (secondary N) is 1. The van der Waals surface area contributed by atoms with E-state index in [1.807, 2.05) is 50.2 Å². The van der Waals surface area contributed by atoms with Crippen molar-refractivity contribution in [3.8, 4) is 5.75 Å². The van der Waals surface area contributed by atoms with Crippen LogP contribution < -0.4 is 10.1 Å². The number of ether oxygens (including phenoxy) is 1. The number of carbonyl (C=O) groups excluding carboxylic acids is 1. The number of fused-ring (bicyclic) bond motifs is 1. The Morgan fingerprint density at radius 2 is 1.74 bits per heavy atom. The van der Waals surface area contributed by atoms with Crippen molar-refractivity contribution >= 4 is 16.7 Å². The summed E-state index contributed by atoms with van der Waals surface area (Å²) in [5, 5.41) is 5.36. The van der Waals surface area contributed by atoms with Crippen molar-refractivity contribution < 1.29 is 9.53 Å². The van der Waals surface area contributed by atoms with Gasteiger partial charge in [0, 0.05) is 0 Å². The summed E-state index contributed by atoms with van der Waals surface area (Å²) in [5.41, 5.74) is 3.54. The Kier molecular flexibility index (Phi) is 5.80. The van der Waals surface area contributed by atoms with Crippen LogP contribution in [-0.2, 0) is 4.79 Å². The number of benzene rings is 3. The lowest BCUT2D eigenvalue weighted by Gasteiger charge is -2.22. The second-order valence-electron chi connectivity index (χ2n) is 7.11. The van der Waals surface area contributed by atoms with Crippen LogP contribution in [-0.4, -0.2) is 12.0 Å². The minimum absolute atomic E-state index is 0.0626. The van der Waals surface area contributed by atoms with Crippen molar-refractivity contribution in [3.05, 3.63) is 77.4 Å². The number of rotatable bonds is 6. The van der Waals surface area contributed by atoms with E-state index in [0.717, 1.165) is 22.1 Å². The molecule has 27 heavy (non-hydrogen) atoms. The molecule has 3 heteroatoms. The fourth-order valence-electron chi connectivity index (χ4n) is 3.42. The van der Waals surface area contributed by atoms with E-state index in [4.69, 9.17) is 4.74 Å². The SMILES string of the molecule is CCC(Oc1ccc2ccccc2c1)C(=O)NC(C)c1ccc(C)cc1C. The first kappa shape index (κ1) is 19.0. The first-order valence-corrected chi connectivity index (χ1v) is 9.51. The van der Waals surface area contributed by atoms with Gasteiger partial charge in [-0.15, -0.1) is 0 Å². The van der Waals surface area contributed by atoms with E-state index in [-0.39, 0.29) is 11.9 Å². The van der Waals surface area contributed by atoms with E-state index in [2.05, 4.69) is 43.4 Å². The third kappa shape index (κ3) is 4.48. The second-order valence-corrected chi connectivity index (χ2v) is 7.11. The Hall–Kier alpha value is -2.81. The monoisotopic (exact) mass is 361 g/mol. The Labute approximate surface area is 161 Å². The highest BCUT2D eigenvalue weighted by molar-refractivity contribution is 5.84. The smallest absolute Gasteiger partial charge is 0.261 e. The predicted molar refractivity (Wildman–Crippen MR) is 111 cm³/mol. The zero-order valence-corrected chi connectivity index (χ0v) is 16.5. The zero-order valence-electron chi connectivity index (χ0n) is 16.5. The van der Waals surface area contributed by atoms with Crippen molar-refractivity contribution in [3.63, 3.8) is 0 Å². The highest BCUT2D eigenvalue weighted by Gasteiger charge is 2.21. The molecule has 0 aliphatic carbocycles. The molecule has 0 aliphatic heterocycles. The molecule has 2 unspecified atom stereocenters. The molecular weight excluding hydrogens is 334 g/mol. The largest absolute Gasteiger partial charge is 0.481 e. The maximum absolute atomic E-state index is 12.8. The average Bonchev–Trinajstić information content (AvgIpc) is 2.65. The molecule has 3 aromatic rings. The molecule has 0 saturated carbocycles. The lowest BCUT2D eigenvalue weighted by Crippen LogP contribution is -2.39. The summed E-state index contributed by atoms with van der Waals surface area (Å²) in [6, 6.07) is 20.3. The molecule has 2 atom stereocenters. The van der Waals surface area contributed by atoms with Crippen molar-refractivity contribution in [1.82, 2.24) is 5.32 Å². The Morgan fingerprint density at radius 3 is 2.44 bits per heavy atom. The summed E-state index contributed by atoms with van der Waals surface area (Å²) in [6.45, 7) is 8.13. The first-order chi connectivity index (χ1) is 13.0. The fraction of sp³-hybridized carbons (Fsp3) is 0.292. The molecule has 3 aromatic carbocycles. The van der Waals surface area contributed by atoms with Gasteiger partial charge >= 0.3 is 0 Å². The van der Waals surface area contributed by atoms with Gasteiger partial charge in [0.2, 0.25) is 0 Å². The van der Waals surface area contributed by atoms with Gasteiger partial charge in [0.15, 0.2) is 6.10 Å². The molecule has 0 fully saturated rings. The van der Waals surface area contributed by atoms with Crippen molar-refractivity contribution in [1.29, 1.82) is 0 Å². The summed E-state index contributed by atoms with van der Waals surface area (Å²) in [7, 11) is 0. The Balaban J connectivity index is 1.71. The molecule has 3 nitrogen and oxygen atoms in total. The summed E-state index contributed by atoms with van der Waals surface area (Å²) >= 11 is 0. The summed E-state index contributed by atoms with van der Waals surface area (Å²) in [4.78, 5) is 12.8. The molecule has 0 aromatic heterocycles. The lowest BCUT2D eigenvalue weighted by atomic mass is 10.00. The molecule has 3 rings (SSSR count). The van der Waals surface area contributed by atoms with Gasteiger partial charge in [-0.3, -0.25) is 4.79 Å².